The third-order valence-electron chi connectivity index (χ3n) is 16.2. The fraction of sp³-hybridized carbons (Fsp3) is 0.915. The maximum Gasteiger partial charge on any atom is 0.306 e. The molecule has 0 aromatic rings. The van der Waals surface area contributed by atoms with Crippen molar-refractivity contribution in [1.82, 2.24) is 0 Å². The second kappa shape index (κ2) is 67.7. The van der Waals surface area contributed by atoms with Crippen LogP contribution in [0.15, 0.2) is 24.3 Å². The van der Waals surface area contributed by atoms with E-state index in [1.807, 2.05) is 0 Å². The monoisotopic (exact) mass is 1070 g/mol. The summed E-state index contributed by atoms with van der Waals surface area (Å²) in [5, 5.41) is 9.69. The van der Waals surface area contributed by atoms with Gasteiger partial charge in [0.2, 0.25) is 0 Å². The van der Waals surface area contributed by atoms with Gasteiger partial charge in [0, 0.05) is 12.8 Å². The molecule has 0 spiro atoms. The molecule has 0 heterocycles. The number of hydrogen-bond donors (Lipinski definition) is 1. The summed E-state index contributed by atoms with van der Waals surface area (Å²) >= 11 is 0. The number of allylic oxidation sites excluding steroid dienone is 4. The van der Waals surface area contributed by atoms with E-state index < -0.39 is 6.10 Å². The van der Waals surface area contributed by atoms with Crippen molar-refractivity contribution in [3.63, 3.8) is 0 Å². The first-order valence-corrected chi connectivity index (χ1v) is 34.9. The van der Waals surface area contributed by atoms with E-state index in [0.29, 0.717) is 12.8 Å². The van der Waals surface area contributed by atoms with Gasteiger partial charge in [0.1, 0.15) is 6.61 Å². The normalized spacial score (nSPS) is 12.2. The molecular formula is C71H136O5. The standard InChI is InChI=1S/C71H136O5/c1-3-5-7-9-11-13-15-17-19-21-23-25-27-29-30-31-32-33-34-35-36-37-38-39-40-42-44-46-48-50-52-54-56-58-60-62-64-66-71(74)76-69(67-72)68-75-70(73)65-63-61-59-57-55-53-51-49-47-45-43-41-28-26-24-22-20-18-16-14-12-10-8-6-4-2/h21-24,69,72H,3-20,25-68H2,1-2H3/b23-21-,24-22-. The van der Waals surface area contributed by atoms with Gasteiger partial charge in [-0.2, -0.15) is 0 Å². The quantitative estimate of drug-likeness (QED) is 0.0373. The van der Waals surface area contributed by atoms with Gasteiger partial charge in [-0.3, -0.25) is 9.59 Å². The van der Waals surface area contributed by atoms with Gasteiger partial charge in [-0.15, -0.1) is 0 Å². The molecule has 1 atom stereocenters. The fourth-order valence-corrected chi connectivity index (χ4v) is 11.0. The van der Waals surface area contributed by atoms with Crippen molar-refractivity contribution in [1.29, 1.82) is 0 Å². The zero-order chi connectivity index (χ0) is 54.8. The number of carbonyl (C=O) groups is 2. The van der Waals surface area contributed by atoms with E-state index in [2.05, 4.69) is 38.2 Å². The Morgan fingerprint density at radius 2 is 0.487 bits per heavy atom. The highest BCUT2D eigenvalue weighted by atomic mass is 16.6. The number of aliphatic hydroxyl groups excluding tert-OH is 1. The van der Waals surface area contributed by atoms with E-state index in [4.69, 9.17) is 9.47 Å². The van der Waals surface area contributed by atoms with Crippen molar-refractivity contribution >= 4 is 11.9 Å². The molecular weight excluding hydrogens is 933 g/mol. The largest absolute Gasteiger partial charge is 0.462 e. The van der Waals surface area contributed by atoms with E-state index in [1.165, 1.54) is 334 Å². The molecule has 5 nitrogen and oxygen atoms in total. The topological polar surface area (TPSA) is 72.8 Å². The Hall–Kier alpha value is -1.62. The molecule has 0 aliphatic carbocycles. The molecule has 450 valence electrons. The Morgan fingerprint density at radius 1 is 0.289 bits per heavy atom. The number of unbranched alkanes of at least 4 members (excludes halogenated alkanes) is 54. The first kappa shape index (κ1) is 74.4. The highest BCUT2D eigenvalue weighted by Gasteiger charge is 2.16. The van der Waals surface area contributed by atoms with Gasteiger partial charge in [-0.1, -0.05) is 346 Å². The van der Waals surface area contributed by atoms with E-state index in [0.717, 1.165) is 38.5 Å². The van der Waals surface area contributed by atoms with Gasteiger partial charge < -0.3 is 14.6 Å². The molecule has 0 aliphatic heterocycles. The summed E-state index contributed by atoms with van der Waals surface area (Å²) in [5.74, 6) is -0.566. The van der Waals surface area contributed by atoms with Gasteiger partial charge in [0.05, 0.1) is 6.61 Å². The van der Waals surface area contributed by atoms with Gasteiger partial charge in [-0.25, -0.2) is 0 Å². The fourth-order valence-electron chi connectivity index (χ4n) is 11.0. The third kappa shape index (κ3) is 64.9. The molecule has 0 saturated carbocycles. The lowest BCUT2D eigenvalue weighted by Crippen LogP contribution is -2.28. The molecule has 1 unspecified atom stereocenters. The van der Waals surface area contributed by atoms with Crippen LogP contribution < -0.4 is 0 Å². The summed E-state index contributed by atoms with van der Waals surface area (Å²) in [6, 6.07) is 0. The van der Waals surface area contributed by atoms with E-state index in [9.17, 15) is 14.7 Å². The number of ether oxygens (including phenoxy) is 2. The predicted molar refractivity (Wildman–Crippen MR) is 335 cm³/mol. The number of rotatable bonds is 66. The van der Waals surface area contributed by atoms with Crippen molar-refractivity contribution in [2.45, 2.75) is 405 Å². The van der Waals surface area contributed by atoms with Crippen LogP contribution in [-0.4, -0.2) is 36.4 Å². The molecule has 0 aromatic heterocycles. The Kier molecular flexibility index (Phi) is 66.2. The predicted octanol–water partition coefficient (Wildman–Crippen LogP) is 24.0. The Bertz CT molecular complexity index is 1160. The van der Waals surface area contributed by atoms with Crippen LogP contribution >= 0.6 is 0 Å². The molecule has 5 heteroatoms. The third-order valence-corrected chi connectivity index (χ3v) is 16.2. The minimum absolute atomic E-state index is 0.0589. The summed E-state index contributed by atoms with van der Waals surface area (Å²) in [6.07, 6.45) is 87.9. The summed E-state index contributed by atoms with van der Waals surface area (Å²) in [5.41, 5.74) is 0. The zero-order valence-corrected chi connectivity index (χ0v) is 51.8. The summed E-state index contributed by atoms with van der Waals surface area (Å²) < 4.78 is 10.8. The molecule has 0 rings (SSSR count). The van der Waals surface area contributed by atoms with Crippen LogP contribution in [0.1, 0.15) is 399 Å². The Morgan fingerprint density at radius 3 is 0.711 bits per heavy atom. The average Bonchev–Trinajstić information content (AvgIpc) is 3.42. The van der Waals surface area contributed by atoms with Gasteiger partial charge in [0.25, 0.3) is 0 Å². The number of hydrogen-bond acceptors (Lipinski definition) is 5. The summed E-state index contributed by atoms with van der Waals surface area (Å²) in [4.78, 5) is 24.6. The van der Waals surface area contributed by atoms with Gasteiger partial charge in [-0.05, 0) is 64.2 Å². The maximum atomic E-state index is 12.4. The molecule has 0 bridgehead atoms. The molecule has 0 fully saturated rings. The lowest BCUT2D eigenvalue weighted by molar-refractivity contribution is -0.161. The second-order valence-corrected chi connectivity index (χ2v) is 24.0. The van der Waals surface area contributed by atoms with Crippen molar-refractivity contribution < 1.29 is 24.2 Å². The molecule has 0 aromatic carbocycles. The van der Waals surface area contributed by atoms with E-state index in [1.54, 1.807) is 0 Å². The highest BCUT2D eigenvalue weighted by Crippen LogP contribution is 2.19. The van der Waals surface area contributed by atoms with Crippen molar-refractivity contribution in [2.75, 3.05) is 13.2 Å². The van der Waals surface area contributed by atoms with E-state index >= 15 is 0 Å². The van der Waals surface area contributed by atoms with Crippen LogP contribution in [0.25, 0.3) is 0 Å². The van der Waals surface area contributed by atoms with Crippen LogP contribution in [0, 0.1) is 0 Å². The van der Waals surface area contributed by atoms with Crippen LogP contribution in [0.5, 0.6) is 0 Å². The second-order valence-electron chi connectivity index (χ2n) is 24.0. The molecule has 1 N–H and O–H groups in total. The lowest BCUT2D eigenvalue weighted by Gasteiger charge is -2.15. The Labute approximate surface area is 476 Å². The molecule has 0 amide bonds. The number of carbonyl (C=O) groups excluding carboxylic acids is 2. The average molecular weight is 1070 g/mol. The summed E-state index contributed by atoms with van der Waals surface area (Å²) in [7, 11) is 0. The molecule has 0 saturated heterocycles. The van der Waals surface area contributed by atoms with Crippen molar-refractivity contribution in [2.24, 2.45) is 0 Å². The zero-order valence-electron chi connectivity index (χ0n) is 51.8. The van der Waals surface area contributed by atoms with Crippen molar-refractivity contribution in [3.05, 3.63) is 24.3 Å². The molecule has 0 radical (unpaired) electrons. The van der Waals surface area contributed by atoms with Crippen LogP contribution in [0.3, 0.4) is 0 Å². The van der Waals surface area contributed by atoms with E-state index in [-0.39, 0.29) is 25.2 Å². The SMILES string of the molecule is CCCCCCCCCC/C=C\CCCCCCCCCCCCCCCCCCCCCCCCCCCC(=O)OC(CO)COC(=O)CCCCCCCCCCCCCCC/C=C\CCCCCCCCCC. The van der Waals surface area contributed by atoms with Gasteiger partial charge in [0.15, 0.2) is 6.10 Å². The first-order chi connectivity index (χ1) is 37.6. The van der Waals surface area contributed by atoms with Crippen molar-refractivity contribution in [3.8, 4) is 0 Å². The minimum Gasteiger partial charge on any atom is -0.462 e. The smallest absolute Gasteiger partial charge is 0.306 e. The first-order valence-electron chi connectivity index (χ1n) is 34.9. The number of aliphatic hydroxyl groups is 1. The minimum atomic E-state index is -0.769. The molecule has 0 aliphatic rings. The van der Waals surface area contributed by atoms with Crippen LogP contribution in [-0.2, 0) is 19.1 Å². The summed E-state index contributed by atoms with van der Waals surface area (Å²) in [6.45, 7) is 4.20. The number of esters is 2. The Balaban J connectivity index is 3.37. The maximum absolute atomic E-state index is 12.4. The molecule has 76 heavy (non-hydrogen) atoms. The van der Waals surface area contributed by atoms with Gasteiger partial charge >= 0.3 is 11.9 Å². The lowest BCUT2D eigenvalue weighted by atomic mass is 10.0. The highest BCUT2D eigenvalue weighted by molar-refractivity contribution is 5.70. The van der Waals surface area contributed by atoms with Crippen LogP contribution in [0.4, 0.5) is 0 Å². The van der Waals surface area contributed by atoms with Crippen LogP contribution in [0.2, 0.25) is 0 Å².